The minimum atomic E-state index is -0.00717. The molecule has 0 saturated heterocycles. The van der Waals surface area contributed by atoms with E-state index in [0.717, 1.165) is 23.7 Å². The van der Waals surface area contributed by atoms with Crippen molar-refractivity contribution in [2.45, 2.75) is 25.3 Å². The number of hydrogen-bond donors (Lipinski definition) is 1. The third kappa shape index (κ3) is 3.67. The Morgan fingerprint density at radius 1 is 1.05 bits per heavy atom. The van der Waals surface area contributed by atoms with Crippen molar-refractivity contribution in [2.24, 2.45) is 11.7 Å². The number of hydrogen-bond acceptors (Lipinski definition) is 4. The van der Waals surface area contributed by atoms with Crippen LogP contribution in [0.3, 0.4) is 0 Å². The average molecular weight is 288 g/mol. The van der Waals surface area contributed by atoms with Gasteiger partial charge in [0.05, 0.1) is 21.3 Å². The van der Waals surface area contributed by atoms with Crippen molar-refractivity contribution < 1.29 is 14.2 Å². The Morgan fingerprint density at radius 3 is 2.05 bits per heavy atom. The Bertz CT molecular complexity index is 421. The third-order valence-electron chi connectivity index (χ3n) is 3.42. The highest BCUT2D eigenvalue weighted by Gasteiger charge is 2.26. The van der Waals surface area contributed by atoms with E-state index < -0.39 is 0 Å². The van der Waals surface area contributed by atoms with Crippen LogP contribution in [0, 0.1) is 5.92 Å². The lowest BCUT2D eigenvalue weighted by atomic mass is 10.0. The molecule has 1 aromatic carbocycles. The predicted octanol–water partition coefficient (Wildman–Crippen LogP) is 2.93. The second kappa shape index (κ2) is 6.87. The van der Waals surface area contributed by atoms with E-state index in [4.69, 9.17) is 19.9 Å². The van der Waals surface area contributed by atoms with Gasteiger partial charge in [0.15, 0.2) is 11.5 Å². The second-order valence-corrected chi connectivity index (χ2v) is 4.73. The molecule has 0 bridgehead atoms. The van der Waals surface area contributed by atoms with Crippen LogP contribution < -0.4 is 19.9 Å². The van der Waals surface area contributed by atoms with Crippen LogP contribution in [0.15, 0.2) is 12.1 Å². The van der Waals surface area contributed by atoms with E-state index in [0.29, 0.717) is 11.5 Å². The molecule has 0 unspecified atom stereocenters. The van der Waals surface area contributed by atoms with Crippen LogP contribution in [0.2, 0.25) is 0 Å². The number of rotatable bonds is 6. The van der Waals surface area contributed by atoms with Crippen LogP contribution in [-0.4, -0.2) is 21.3 Å². The van der Waals surface area contributed by atoms with Gasteiger partial charge < -0.3 is 19.9 Å². The van der Waals surface area contributed by atoms with Crippen molar-refractivity contribution >= 4 is 12.4 Å². The minimum absolute atomic E-state index is 0. The van der Waals surface area contributed by atoms with E-state index in [2.05, 4.69) is 0 Å². The summed E-state index contributed by atoms with van der Waals surface area (Å²) >= 11 is 0. The molecule has 2 N–H and O–H groups in total. The summed E-state index contributed by atoms with van der Waals surface area (Å²) in [5, 5.41) is 0. The second-order valence-electron chi connectivity index (χ2n) is 4.73. The van der Waals surface area contributed by atoms with Gasteiger partial charge in [0, 0.05) is 17.7 Å². The highest BCUT2D eigenvalue weighted by atomic mass is 35.5. The summed E-state index contributed by atoms with van der Waals surface area (Å²) in [5.41, 5.74) is 7.24. The molecule has 0 aliphatic heterocycles. The molecule has 1 atom stereocenters. The SMILES string of the molecule is COc1cc(OC)c([C@H](N)CC2CC2)cc1OC.Cl. The standard InChI is InChI=1S/C14H21NO3.ClH/c1-16-12-8-14(18-3)13(17-2)7-10(12)11(15)6-9-4-5-9;/h7-9,11H,4-6,15H2,1-3H3;1H/t11-;/m1./s1. The van der Waals surface area contributed by atoms with Crippen molar-refractivity contribution in [3.8, 4) is 17.2 Å². The van der Waals surface area contributed by atoms with Gasteiger partial charge in [-0.05, 0) is 18.4 Å². The van der Waals surface area contributed by atoms with Crippen molar-refractivity contribution in [2.75, 3.05) is 21.3 Å². The van der Waals surface area contributed by atoms with Gasteiger partial charge in [0.1, 0.15) is 5.75 Å². The molecule has 5 heteroatoms. The zero-order valence-corrected chi connectivity index (χ0v) is 12.5. The van der Waals surface area contributed by atoms with Crippen LogP contribution in [0.4, 0.5) is 0 Å². The smallest absolute Gasteiger partial charge is 0.164 e. The summed E-state index contributed by atoms with van der Waals surface area (Å²) < 4.78 is 16.0. The summed E-state index contributed by atoms with van der Waals surface area (Å²) in [4.78, 5) is 0. The fourth-order valence-electron chi connectivity index (χ4n) is 2.18. The molecule has 4 nitrogen and oxygen atoms in total. The molecule has 1 aliphatic carbocycles. The third-order valence-corrected chi connectivity index (χ3v) is 3.42. The molecule has 108 valence electrons. The van der Waals surface area contributed by atoms with Gasteiger partial charge in [-0.2, -0.15) is 0 Å². The first-order valence-electron chi connectivity index (χ1n) is 6.25. The Balaban J connectivity index is 0.00000180. The number of nitrogens with two attached hydrogens (primary N) is 1. The summed E-state index contributed by atoms with van der Waals surface area (Å²) in [5.74, 6) is 2.90. The first kappa shape index (κ1) is 15.9. The van der Waals surface area contributed by atoms with Gasteiger partial charge in [0.25, 0.3) is 0 Å². The van der Waals surface area contributed by atoms with E-state index in [1.165, 1.54) is 12.8 Å². The molecule has 0 heterocycles. The Hall–Kier alpha value is -1.13. The Kier molecular flexibility index (Phi) is 5.76. The molecule has 1 aliphatic rings. The van der Waals surface area contributed by atoms with E-state index in [-0.39, 0.29) is 18.4 Å². The van der Waals surface area contributed by atoms with Crippen molar-refractivity contribution in [1.29, 1.82) is 0 Å². The summed E-state index contributed by atoms with van der Waals surface area (Å²) in [6.45, 7) is 0. The number of ether oxygens (including phenoxy) is 3. The van der Waals surface area contributed by atoms with Crippen LogP contribution in [0.1, 0.15) is 30.9 Å². The molecule has 0 aromatic heterocycles. The fraction of sp³-hybridized carbons (Fsp3) is 0.571. The molecule has 0 amide bonds. The molecule has 1 saturated carbocycles. The summed E-state index contributed by atoms with van der Waals surface area (Å²) in [7, 11) is 4.89. The van der Waals surface area contributed by atoms with Gasteiger partial charge in [-0.3, -0.25) is 0 Å². The van der Waals surface area contributed by atoms with Gasteiger partial charge in [-0.15, -0.1) is 12.4 Å². The first-order valence-corrected chi connectivity index (χ1v) is 6.25. The van der Waals surface area contributed by atoms with Crippen LogP contribution >= 0.6 is 12.4 Å². The van der Waals surface area contributed by atoms with Gasteiger partial charge in [-0.25, -0.2) is 0 Å². The number of methoxy groups -OCH3 is 3. The lowest BCUT2D eigenvalue weighted by molar-refractivity contribution is 0.346. The topological polar surface area (TPSA) is 53.7 Å². The monoisotopic (exact) mass is 287 g/mol. The van der Waals surface area contributed by atoms with Gasteiger partial charge in [-0.1, -0.05) is 12.8 Å². The maximum atomic E-state index is 6.25. The largest absolute Gasteiger partial charge is 0.496 e. The molecule has 0 radical (unpaired) electrons. The van der Waals surface area contributed by atoms with Crippen LogP contribution in [0.25, 0.3) is 0 Å². The number of halogens is 1. The van der Waals surface area contributed by atoms with Crippen LogP contribution in [-0.2, 0) is 0 Å². The minimum Gasteiger partial charge on any atom is -0.496 e. The normalized spacial score (nSPS) is 15.4. The lowest BCUT2D eigenvalue weighted by Gasteiger charge is -2.18. The van der Waals surface area contributed by atoms with Gasteiger partial charge in [0.2, 0.25) is 0 Å². The zero-order chi connectivity index (χ0) is 13.1. The van der Waals surface area contributed by atoms with Crippen LogP contribution in [0.5, 0.6) is 17.2 Å². The van der Waals surface area contributed by atoms with Crippen molar-refractivity contribution in [1.82, 2.24) is 0 Å². The predicted molar refractivity (Wildman–Crippen MR) is 77.6 cm³/mol. The van der Waals surface area contributed by atoms with E-state index in [9.17, 15) is 0 Å². The summed E-state index contributed by atoms with van der Waals surface area (Å²) in [6, 6.07) is 3.75. The zero-order valence-electron chi connectivity index (χ0n) is 11.6. The molecule has 19 heavy (non-hydrogen) atoms. The average Bonchev–Trinajstić information content (AvgIpc) is 3.20. The van der Waals surface area contributed by atoms with Crippen molar-refractivity contribution in [3.63, 3.8) is 0 Å². The maximum absolute atomic E-state index is 6.25. The molecule has 1 aromatic rings. The summed E-state index contributed by atoms with van der Waals surface area (Å²) in [6.07, 6.45) is 3.60. The fourth-order valence-corrected chi connectivity index (χ4v) is 2.18. The maximum Gasteiger partial charge on any atom is 0.164 e. The molecular formula is C14H22ClNO3. The quantitative estimate of drug-likeness (QED) is 0.874. The molecule has 1 fully saturated rings. The lowest BCUT2D eigenvalue weighted by Crippen LogP contribution is -2.12. The molecule has 0 spiro atoms. The Morgan fingerprint density at radius 2 is 1.58 bits per heavy atom. The molecular weight excluding hydrogens is 266 g/mol. The van der Waals surface area contributed by atoms with Crippen molar-refractivity contribution in [3.05, 3.63) is 17.7 Å². The first-order chi connectivity index (χ1) is 8.69. The van der Waals surface area contributed by atoms with E-state index in [1.54, 1.807) is 21.3 Å². The highest BCUT2D eigenvalue weighted by molar-refractivity contribution is 5.85. The van der Waals surface area contributed by atoms with E-state index in [1.807, 2.05) is 12.1 Å². The van der Waals surface area contributed by atoms with E-state index >= 15 is 0 Å². The molecule has 2 rings (SSSR count). The Labute approximate surface area is 120 Å². The van der Waals surface area contributed by atoms with Gasteiger partial charge >= 0.3 is 0 Å². The number of benzene rings is 1. The highest BCUT2D eigenvalue weighted by Crippen LogP contribution is 2.42.